The second kappa shape index (κ2) is 7.43. The lowest BCUT2D eigenvalue weighted by atomic mass is 10.2. The first kappa shape index (κ1) is 14.2. The highest BCUT2D eigenvalue weighted by Gasteiger charge is 2.14. The van der Waals surface area contributed by atoms with Gasteiger partial charge in [-0.3, -0.25) is 5.43 Å². The van der Waals surface area contributed by atoms with Crippen LogP contribution in [0.1, 0.15) is 18.4 Å². The molecule has 0 unspecified atom stereocenters. The van der Waals surface area contributed by atoms with E-state index in [9.17, 15) is 0 Å². The van der Waals surface area contributed by atoms with Crippen molar-refractivity contribution in [2.45, 2.75) is 18.9 Å². The average molecular weight is 298 g/mol. The van der Waals surface area contributed by atoms with Crippen LogP contribution in [-0.2, 0) is 4.74 Å². The topological polar surface area (TPSA) is 45.6 Å². The molecule has 1 aliphatic rings. The number of rotatable bonds is 4. The standard InChI is InChI=1S/C13H16ClN3OS/c14-11-4-1-3-10(7-11)8-16-17-13(19)15-9-12-5-2-6-18-12/h1,3-4,7-8,12H,2,5-6,9H2,(H2,15,17,19)/b16-8-/t12-/m0/s1. The molecule has 1 aromatic carbocycles. The molecule has 1 atom stereocenters. The van der Waals surface area contributed by atoms with Crippen molar-refractivity contribution in [3.8, 4) is 0 Å². The maximum Gasteiger partial charge on any atom is 0.187 e. The van der Waals surface area contributed by atoms with Gasteiger partial charge in [0.2, 0.25) is 0 Å². The van der Waals surface area contributed by atoms with E-state index < -0.39 is 0 Å². The molecule has 0 aromatic heterocycles. The zero-order valence-corrected chi connectivity index (χ0v) is 12.0. The van der Waals surface area contributed by atoms with Crippen LogP contribution in [0.5, 0.6) is 0 Å². The summed E-state index contributed by atoms with van der Waals surface area (Å²) >= 11 is 11.0. The second-order valence-corrected chi connectivity index (χ2v) is 5.11. The molecule has 0 radical (unpaired) electrons. The number of nitrogens with one attached hydrogen (secondary N) is 2. The van der Waals surface area contributed by atoms with E-state index in [1.165, 1.54) is 0 Å². The molecule has 4 nitrogen and oxygen atoms in total. The van der Waals surface area contributed by atoms with Crippen molar-refractivity contribution in [3.63, 3.8) is 0 Å². The lowest BCUT2D eigenvalue weighted by Crippen LogP contribution is -2.37. The molecule has 1 aromatic rings. The van der Waals surface area contributed by atoms with Crippen molar-refractivity contribution in [1.82, 2.24) is 10.7 Å². The van der Waals surface area contributed by atoms with Crippen molar-refractivity contribution >= 4 is 35.1 Å². The van der Waals surface area contributed by atoms with Crippen LogP contribution < -0.4 is 10.7 Å². The molecule has 0 amide bonds. The molecule has 1 heterocycles. The molecule has 6 heteroatoms. The van der Waals surface area contributed by atoms with E-state index in [4.69, 9.17) is 28.6 Å². The Morgan fingerprint density at radius 2 is 2.47 bits per heavy atom. The largest absolute Gasteiger partial charge is 0.376 e. The minimum Gasteiger partial charge on any atom is -0.376 e. The maximum atomic E-state index is 5.87. The van der Waals surface area contributed by atoms with Gasteiger partial charge in [-0.2, -0.15) is 5.10 Å². The molecule has 1 aliphatic heterocycles. The Morgan fingerprint density at radius 1 is 1.58 bits per heavy atom. The molecule has 2 N–H and O–H groups in total. The molecule has 1 fully saturated rings. The molecule has 2 rings (SSSR count). The minimum absolute atomic E-state index is 0.261. The summed E-state index contributed by atoms with van der Waals surface area (Å²) in [5, 5.41) is 8.31. The maximum absolute atomic E-state index is 5.87. The third-order valence-electron chi connectivity index (χ3n) is 2.74. The van der Waals surface area contributed by atoms with Crippen molar-refractivity contribution < 1.29 is 4.74 Å². The summed E-state index contributed by atoms with van der Waals surface area (Å²) in [6.07, 6.45) is 4.14. The highest BCUT2D eigenvalue weighted by molar-refractivity contribution is 7.80. The number of thiocarbonyl (C=S) groups is 1. The number of benzene rings is 1. The molecule has 19 heavy (non-hydrogen) atoms. The van der Waals surface area contributed by atoms with Gasteiger partial charge in [0.1, 0.15) is 0 Å². The number of ether oxygens (including phenoxy) is 1. The summed E-state index contributed by atoms with van der Waals surface area (Å²) in [6, 6.07) is 7.44. The van der Waals surface area contributed by atoms with Gasteiger partial charge in [0.15, 0.2) is 5.11 Å². The SMILES string of the molecule is S=C(NC[C@@H]1CCCO1)N/N=C\c1cccc(Cl)c1. The minimum atomic E-state index is 0.261. The van der Waals surface area contributed by atoms with Crippen LogP contribution in [0.15, 0.2) is 29.4 Å². The van der Waals surface area contributed by atoms with E-state index in [1.807, 2.05) is 24.3 Å². The monoisotopic (exact) mass is 297 g/mol. The van der Waals surface area contributed by atoms with Crippen LogP contribution in [-0.4, -0.2) is 30.6 Å². The Bertz CT molecular complexity index is 461. The lowest BCUT2D eigenvalue weighted by Gasteiger charge is -2.11. The third kappa shape index (κ3) is 5.14. The van der Waals surface area contributed by atoms with Gasteiger partial charge in [-0.1, -0.05) is 23.7 Å². The molecular formula is C13H16ClN3OS. The van der Waals surface area contributed by atoms with Gasteiger partial charge in [-0.15, -0.1) is 0 Å². The Kier molecular flexibility index (Phi) is 5.57. The zero-order valence-electron chi connectivity index (χ0n) is 10.4. The van der Waals surface area contributed by atoms with Crippen LogP contribution in [0.3, 0.4) is 0 Å². The molecular weight excluding hydrogens is 282 g/mol. The number of hydrogen-bond donors (Lipinski definition) is 2. The van der Waals surface area contributed by atoms with Crippen LogP contribution in [0.25, 0.3) is 0 Å². The number of nitrogens with zero attached hydrogens (tertiary/aromatic N) is 1. The Hall–Kier alpha value is -1.17. The van der Waals surface area contributed by atoms with Crippen molar-refractivity contribution in [2.24, 2.45) is 5.10 Å². The second-order valence-electron chi connectivity index (χ2n) is 4.27. The summed E-state index contributed by atoms with van der Waals surface area (Å²) in [4.78, 5) is 0. The van der Waals surface area contributed by atoms with Gasteiger partial charge in [0.05, 0.1) is 12.3 Å². The van der Waals surface area contributed by atoms with Crippen LogP contribution in [0, 0.1) is 0 Å². The summed E-state index contributed by atoms with van der Waals surface area (Å²) < 4.78 is 5.49. The Balaban J connectivity index is 1.70. The quantitative estimate of drug-likeness (QED) is 0.509. The van der Waals surface area contributed by atoms with Crippen molar-refractivity contribution in [2.75, 3.05) is 13.2 Å². The molecule has 0 aliphatic carbocycles. The molecule has 1 saturated heterocycles. The van der Waals surface area contributed by atoms with Gasteiger partial charge in [0, 0.05) is 18.2 Å². The summed E-state index contributed by atoms with van der Waals surface area (Å²) in [6.45, 7) is 1.57. The van der Waals surface area contributed by atoms with Crippen LogP contribution in [0.2, 0.25) is 5.02 Å². The Labute approximate surface area is 123 Å². The van der Waals surface area contributed by atoms with E-state index in [1.54, 1.807) is 6.21 Å². The number of halogens is 1. The van der Waals surface area contributed by atoms with Gasteiger partial charge in [0.25, 0.3) is 0 Å². The third-order valence-corrected chi connectivity index (χ3v) is 3.21. The highest BCUT2D eigenvalue weighted by Crippen LogP contribution is 2.10. The predicted octanol–water partition coefficient (Wildman–Crippen LogP) is 2.32. The van der Waals surface area contributed by atoms with Gasteiger partial charge >= 0.3 is 0 Å². The van der Waals surface area contributed by atoms with Gasteiger partial charge in [-0.05, 0) is 42.8 Å². The van der Waals surface area contributed by atoms with Gasteiger partial charge < -0.3 is 10.1 Å². The zero-order chi connectivity index (χ0) is 13.5. The fourth-order valence-corrected chi connectivity index (χ4v) is 2.14. The van der Waals surface area contributed by atoms with E-state index in [0.29, 0.717) is 10.1 Å². The Morgan fingerprint density at radius 3 is 3.21 bits per heavy atom. The number of hydrazone groups is 1. The average Bonchev–Trinajstić information content (AvgIpc) is 2.89. The van der Waals surface area contributed by atoms with Crippen molar-refractivity contribution in [1.29, 1.82) is 0 Å². The van der Waals surface area contributed by atoms with E-state index in [-0.39, 0.29) is 6.10 Å². The predicted molar refractivity (Wildman–Crippen MR) is 81.8 cm³/mol. The van der Waals surface area contributed by atoms with Gasteiger partial charge in [-0.25, -0.2) is 0 Å². The first-order chi connectivity index (χ1) is 9.24. The number of hydrogen-bond acceptors (Lipinski definition) is 3. The smallest absolute Gasteiger partial charge is 0.187 e. The lowest BCUT2D eigenvalue weighted by molar-refractivity contribution is 0.114. The fourth-order valence-electron chi connectivity index (χ4n) is 1.80. The van der Waals surface area contributed by atoms with Crippen LogP contribution >= 0.6 is 23.8 Å². The molecule has 0 bridgehead atoms. The van der Waals surface area contributed by atoms with Crippen molar-refractivity contribution in [3.05, 3.63) is 34.9 Å². The molecule has 102 valence electrons. The first-order valence-corrected chi connectivity index (χ1v) is 6.97. The van der Waals surface area contributed by atoms with E-state index in [0.717, 1.165) is 31.6 Å². The fraction of sp³-hybridized carbons (Fsp3) is 0.385. The molecule has 0 saturated carbocycles. The molecule has 0 spiro atoms. The van der Waals surface area contributed by atoms with E-state index in [2.05, 4.69) is 15.8 Å². The summed E-state index contributed by atoms with van der Waals surface area (Å²) in [5.74, 6) is 0. The summed E-state index contributed by atoms with van der Waals surface area (Å²) in [5.41, 5.74) is 3.68. The van der Waals surface area contributed by atoms with Crippen LogP contribution in [0.4, 0.5) is 0 Å². The normalized spacial score (nSPS) is 18.7. The first-order valence-electron chi connectivity index (χ1n) is 6.18. The summed E-state index contributed by atoms with van der Waals surface area (Å²) in [7, 11) is 0. The highest BCUT2D eigenvalue weighted by atomic mass is 35.5. The van der Waals surface area contributed by atoms with E-state index >= 15 is 0 Å².